The summed E-state index contributed by atoms with van der Waals surface area (Å²) in [5, 5.41) is 6.99. The van der Waals surface area contributed by atoms with Gasteiger partial charge in [-0.15, -0.1) is 0 Å². The average Bonchev–Trinajstić information content (AvgIpc) is 3.49. The van der Waals surface area contributed by atoms with Gasteiger partial charge in [0.1, 0.15) is 17.6 Å². The number of nitrogens with one attached hydrogen (secondary N) is 2. The van der Waals surface area contributed by atoms with E-state index in [9.17, 15) is 4.79 Å². The molecule has 3 heterocycles. The number of carbonyl (C=O) groups excluding carboxylic acids is 1. The zero-order valence-electron chi connectivity index (χ0n) is 20.6. The Hall–Kier alpha value is -3.49. The molecule has 0 unspecified atom stereocenters. The predicted octanol–water partition coefficient (Wildman–Crippen LogP) is 6.72. The van der Waals surface area contributed by atoms with Gasteiger partial charge in [0.25, 0.3) is 0 Å². The topological polar surface area (TPSA) is 70.4 Å². The molecular formula is C29H27BrN4O2S. The van der Waals surface area contributed by atoms with E-state index in [1.165, 1.54) is 0 Å². The summed E-state index contributed by atoms with van der Waals surface area (Å²) in [5.74, 6) is 1.45. The number of carbonyl (C=O) groups is 1. The number of thiocarbonyl (C=S) groups is 1. The summed E-state index contributed by atoms with van der Waals surface area (Å²) < 4.78 is 7.39. The summed E-state index contributed by atoms with van der Waals surface area (Å²) in [5.41, 5.74) is 4.84. The molecule has 5 rings (SSSR count). The predicted molar refractivity (Wildman–Crippen MR) is 153 cm³/mol. The number of para-hydroxylation sites is 1. The summed E-state index contributed by atoms with van der Waals surface area (Å²) in [4.78, 5) is 19.4. The Morgan fingerprint density at radius 3 is 2.68 bits per heavy atom. The van der Waals surface area contributed by atoms with Gasteiger partial charge in [-0.3, -0.25) is 9.78 Å². The van der Waals surface area contributed by atoms with Crippen molar-refractivity contribution in [2.45, 2.75) is 32.4 Å². The van der Waals surface area contributed by atoms with Crippen molar-refractivity contribution < 1.29 is 9.21 Å². The third-order valence-corrected chi connectivity index (χ3v) is 7.51. The van der Waals surface area contributed by atoms with Gasteiger partial charge in [0, 0.05) is 34.9 Å². The lowest BCUT2D eigenvalue weighted by atomic mass is 10.0. The second-order valence-electron chi connectivity index (χ2n) is 9.12. The average molecular weight is 576 g/mol. The summed E-state index contributed by atoms with van der Waals surface area (Å²) in [6.45, 7) is 4.46. The van der Waals surface area contributed by atoms with Gasteiger partial charge in [-0.1, -0.05) is 46.3 Å². The second kappa shape index (κ2) is 10.9. The number of amides is 1. The summed E-state index contributed by atoms with van der Waals surface area (Å²) in [7, 11) is 0. The Morgan fingerprint density at radius 1 is 1.11 bits per heavy atom. The van der Waals surface area contributed by atoms with Crippen LogP contribution in [0.25, 0.3) is 11.3 Å². The first kappa shape index (κ1) is 25.2. The van der Waals surface area contributed by atoms with Crippen LogP contribution in [-0.2, 0) is 4.79 Å². The summed E-state index contributed by atoms with van der Waals surface area (Å²) in [6, 6.07) is 23.2. The number of furan rings is 1. The maximum absolute atomic E-state index is 12.8. The van der Waals surface area contributed by atoms with Crippen LogP contribution in [0.15, 0.2) is 87.9 Å². The number of aryl methyl sites for hydroxylation is 2. The zero-order chi connectivity index (χ0) is 25.9. The molecule has 6 nitrogen and oxygen atoms in total. The molecule has 0 spiro atoms. The monoisotopic (exact) mass is 574 g/mol. The molecule has 4 aromatic rings. The van der Waals surface area contributed by atoms with E-state index in [0.717, 1.165) is 44.1 Å². The molecule has 2 N–H and O–H groups in total. The Balaban J connectivity index is 1.42. The molecule has 1 aliphatic rings. The van der Waals surface area contributed by atoms with Gasteiger partial charge in [0.2, 0.25) is 5.91 Å². The number of pyridine rings is 1. The number of anilines is 1. The van der Waals surface area contributed by atoms with E-state index < -0.39 is 0 Å². The SMILES string of the molecule is Cc1ccc(-c2ccc([C@@H]3[C@@H](c4ccccn4)NC(=S)N3CCC(=O)Nc3ccccc3C)o2)c(Br)c1. The molecule has 0 saturated carbocycles. The lowest BCUT2D eigenvalue weighted by Crippen LogP contribution is -2.32. The van der Waals surface area contributed by atoms with Gasteiger partial charge in [-0.25, -0.2) is 0 Å². The number of halogens is 1. The third kappa shape index (κ3) is 5.45. The van der Waals surface area contributed by atoms with E-state index in [1.807, 2.05) is 72.5 Å². The minimum absolute atomic E-state index is 0.0687. The second-order valence-corrected chi connectivity index (χ2v) is 10.4. The van der Waals surface area contributed by atoms with Crippen LogP contribution in [0, 0.1) is 13.8 Å². The summed E-state index contributed by atoms with van der Waals surface area (Å²) >= 11 is 9.40. The molecular weight excluding hydrogens is 548 g/mol. The van der Waals surface area contributed by atoms with Crippen molar-refractivity contribution in [3.05, 3.63) is 106 Å². The van der Waals surface area contributed by atoms with Gasteiger partial charge in [0.05, 0.1) is 11.7 Å². The van der Waals surface area contributed by atoms with Crippen LogP contribution >= 0.6 is 28.1 Å². The molecule has 2 aromatic carbocycles. The van der Waals surface area contributed by atoms with E-state index in [4.69, 9.17) is 16.6 Å². The first-order valence-corrected chi connectivity index (χ1v) is 13.3. The first-order valence-electron chi connectivity index (χ1n) is 12.1. The Bertz CT molecular complexity index is 1440. The highest BCUT2D eigenvalue weighted by atomic mass is 79.9. The maximum atomic E-state index is 12.8. The van der Waals surface area contributed by atoms with Crippen LogP contribution in [0.5, 0.6) is 0 Å². The van der Waals surface area contributed by atoms with Gasteiger partial charge < -0.3 is 20.0 Å². The highest BCUT2D eigenvalue weighted by Gasteiger charge is 2.41. The van der Waals surface area contributed by atoms with Gasteiger partial charge in [0.15, 0.2) is 5.11 Å². The zero-order valence-corrected chi connectivity index (χ0v) is 23.0. The fraction of sp³-hybridized carbons (Fsp3) is 0.207. The fourth-order valence-corrected chi connectivity index (χ4v) is 5.60. The molecule has 0 radical (unpaired) electrons. The van der Waals surface area contributed by atoms with Crippen LogP contribution in [0.4, 0.5) is 5.69 Å². The van der Waals surface area contributed by atoms with Crippen molar-refractivity contribution in [1.82, 2.24) is 15.2 Å². The Morgan fingerprint density at radius 2 is 1.92 bits per heavy atom. The molecule has 8 heteroatoms. The van der Waals surface area contributed by atoms with Crippen LogP contribution < -0.4 is 10.6 Å². The Kier molecular flexibility index (Phi) is 7.39. The number of hydrogen-bond acceptors (Lipinski definition) is 4. The quantitative estimate of drug-likeness (QED) is 0.239. The third-order valence-electron chi connectivity index (χ3n) is 6.51. The van der Waals surface area contributed by atoms with Crippen LogP contribution in [0.3, 0.4) is 0 Å². The van der Waals surface area contributed by atoms with E-state index in [1.54, 1.807) is 6.20 Å². The van der Waals surface area contributed by atoms with Crippen LogP contribution in [0.1, 0.15) is 41.1 Å². The van der Waals surface area contributed by atoms with Gasteiger partial charge in [-0.05, 0) is 79.7 Å². The first-order chi connectivity index (χ1) is 17.9. The minimum atomic E-state index is -0.258. The molecule has 1 amide bonds. The summed E-state index contributed by atoms with van der Waals surface area (Å²) in [6.07, 6.45) is 2.05. The molecule has 2 atom stereocenters. The van der Waals surface area contributed by atoms with Gasteiger partial charge >= 0.3 is 0 Å². The van der Waals surface area contributed by atoms with Gasteiger partial charge in [-0.2, -0.15) is 0 Å². The van der Waals surface area contributed by atoms with Crippen molar-refractivity contribution in [3.8, 4) is 11.3 Å². The molecule has 188 valence electrons. The number of rotatable bonds is 7. The number of benzene rings is 2. The van der Waals surface area contributed by atoms with Crippen LogP contribution in [-0.4, -0.2) is 27.4 Å². The van der Waals surface area contributed by atoms with Crippen molar-refractivity contribution in [2.75, 3.05) is 11.9 Å². The lowest BCUT2D eigenvalue weighted by Gasteiger charge is -2.26. The molecule has 2 aromatic heterocycles. The maximum Gasteiger partial charge on any atom is 0.226 e. The minimum Gasteiger partial charge on any atom is -0.459 e. The van der Waals surface area contributed by atoms with Crippen molar-refractivity contribution in [3.63, 3.8) is 0 Å². The molecule has 0 bridgehead atoms. The van der Waals surface area contributed by atoms with Crippen molar-refractivity contribution in [2.24, 2.45) is 0 Å². The van der Waals surface area contributed by atoms with Crippen LogP contribution in [0.2, 0.25) is 0 Å². The standard InChI is InChI=1S/C29H27BrN4O2S/c1-18-10-11-20(21(30)17-18)24-12-13-25(36-24)28-27(23-9-5-6-15-31-23)33-29(37)34(28)16-14-26(35)32-22-8-4-3-7-19(22)2/h3-13,15,17,27-28H,14,16H2,1-2H3,(H,32,35)(H,33,37)/t27-,28-/m1/s1. The fourth-order valence-electron chi connectivity index (χ4n) is 4.58. The van der Waals surface area contributed by atoms with Crippen molar-refractivity contribution >= 4 is 44.9 Å². The van der Waals surface area contributed by atoms with E-state index in [2.05, 4.69) is 50.6 Å². The molecule has 1 aliphatic heterocycles. The van der Waals surface area contributed by atoms with E-state index >= 15 is 0 Å². The molecule has 0 aliphatic carbocycles. The van der Waals surface area contributed by atoms with Crippen molar-refractivity contribution in [1.29, 1.82) is 0 Å². The number of hydrogen-bond donors (Lipinski definition) is 2. The lowest BCUT2D eigenvalue weighted by molar-refractivity contribution is -0.116. The normalized spacial score (nSPS) is 17.1. The van der Waals surface area contributed by atoms with E-state index in [-0.39, 0.29) is 24.4 Å². The molecule has 1 saturated heterocycles. The largest absolute Gasteiger partial charge is 0.459 e. The highest BCUT2D eigenvalue weighted by Crippen LogP contribution is 2.41. The highest BCUT2D eigenvalue weighted by molar-refractivity contribution is 9.10. The molecule has 37 heavy (non-hydrogen) atoms. The number of aromatic nitrogens is 1. The number of nitrogens with zero attached hydrogens (tertiary/aromatic N) is 2. The Labute approximate surface area is 230 Å². The smallest absolute Gasteiger partial charge is 0.226 e. The molecule has 1 fully saturated rings. The van der Waals surface area contributed by atoms with E-state index in [0.29, 0.717) is 11.7 Å².